The highest BCUT2D eigenvalue weighted by atomic mass is 16.3. The van der Waals surface area contributed by atoms with E-state index in [1.165, 1.54) is 5.57 Å². The SMILES string of the molecule is CC/C(=C\C=C(C)C)N=O. The molecule has 10 heavy (non-hydrogen) atoms. The molecule has 0 aliphatic heterocycles. The molecule has 0 rings (SSSR count). The zero-order valence-corrected chi connectivity index (χ0v) is 6.72. The van der Waals surface area contributed by atoms with Gasteiger partial charge in [0.2, 0.25) is 0 Å². The van der Waals surface area contributed by atoms with Gasteiger partial charge >= 0.3 is 0 Å². The Morgan fingerprint density at radius 1 is 1.40 bits per heavy atom. The second-order valence-corrected chi connectivity index (χ2v) is 2.35. The standard InChI is InChI=1S/C8H13NO/c1-4-8(9-10)6-5-7(2)3/h5-6H,4H2,1-3H3/b8-6+. The van der Waals surface area contributed by atoms with E-state index < -0.39 is 0 Å². The molecule has 0 aliphatic rings. The predicted molar refractivity (Wildman–Crippen MR) is 43.6 cm³/mol. The summed E-state index contributed by atoms with van der Waals surface area (Å²) in [4.78, 5) is 10.0. The highest BCUT2D eigenvalue weighted by molar-refractivity contribution is 5.14. The molecule has 0 amide bonds. The van der Waals surface area contributed by atoms with Crippen molar-refractivity contribution in [2.45, 2.75) is 27.2 Å². The van der Waals surface area contributed by atoms with Crippen LogP contribution in [0.4, 0.5) is 0 Å². The van der Waals surface area contributed by atoms with Gasteiger partial charge in [0.15, 0.2) is 0 Å². The quantitative estimate of drug-likeness (QED) is 0.436. The number of hydrogen-bond donors (Lipinski definition) is 0. The Hall–Kier alpha value is -0.920. The molecule has 0 unspecified atom stereocenters. The van der Waals surface area contributed by atoms with Crippen LogP contribution < -0.4 is 0 Å². The zero-order chi connectivity index (χ0) is 7.98. The second-order valence-electron chi connectivity index (χ2n) is 2.35. The second kappa shape index (κ2) is 4.91. The molecule has 0 aliphatic carbocycles. The molecule has 0 atom stereocenters. The molecule has 0 saturated carbocycles. The first-order chi connectivity index (χ1) is 4.70. The fraction of sp³-hybridized carbons (Fsp3) is 0.500. The van der Waals surface area contributed by atoms with Gasteiger partial charge in [-0.05, 0) is 31.5 Å². The van der Waals surface area contributed by atoms with E-state index in [-0.39, 0.29) is 0 Å². The van der Waals surface area contributed by atoms with E-state index in [4.69, 9.17) is 0 Å². The Bertz CT molecular complexity index is 164. The largest absolute Gasteiger partial charge is 0.145 e. The molecule has 0 heterocycles. The van der Waals surface area contributed by atoms with Gasteiger partial charge < -0.3 is 0 Å². The summed E-state index contributed by atoms with van der Waals surface area (Å²) >= 11 is 0. The molecule has 0 aromatic rings. The first kappa shape index (κ1) is 9.08. The third-order valence-electron chi connectivity index (χ3n) is 1.09. The Morgan fingerprint density at radius 2 is 2.00 bits per heavy atom. The molecule has 2 heteroatoms. The number of hydrogen-bond acceptors (Lipinski definition) is 2. The fourth-order valence-corrected chi connectivity index (χ4v) is 0.476. The van der Waals surface area contributed by atoms with Crippen LogP contribution in [0, 0.1) is 4.91 Å². The van der Waals surface area contributed by atoms with Gasteiger partial charge in [-0.3, -0.25) is 0 Å². The van der Waals surface area contributed by atoms with E-state index >= 15 is 0 Å². The summed E-state index contributed by atoms with van der Waals surface area (Å²) in [5.74, 6) is 0. The van der Waals surface area contributed by atoms with Gasteiger partial charge in [0.05, 0.1) is 5.70 Å². The molecule has 0 aromatic carbocycles. The fourth-order valence-electron chi connectivity index (χ4n) is 0.476. The van der Waals surface area contributed by atoms with Crippen molar-refractivity contribution in [3.05, 3.63) is 28.3 Å². The Labute approximate surface area is 61.6 Å². The molecule has 0 saturated heterocycles. The van der Waals surface area contributed by atoms with Crippen LogP contribution in [0.25, 0.3) is 0 Å². The minimum atomic E-state index is 0.598. The lowest BCUT2D eigenvalue weighted by molar-refractivity contribution is 1.06. The van der Waals surface area contributed by atoms with Crippen LogP contribution in [0.2, 0.25) is 0 Å². The van der Waals surface area contributed by atoms with Gasteiger partial charge in [-0.15, -0.1) is 4.91 Å². The van der Waals surface area contributed by atoms with Crippen molar-refractivity contribution in [2.24, 2.45) is 5.18 Å². The number of rotatable bonds is 3. The maximum absolute atomic E-state index is 10.0. The van der Waals surface area contributed by atoms with Crippen LogP contribution in [-0.2, 0) is 0 Å². The lowest BCUT2D eigenvalue weighted by atomic mass is 10.2. The molecule has 0 radical (unpaired) electrons. The van der Waals surface area contributed by atoms with Crippen molar-refractivity contribution in [3.8, 4) is 0 Å². The Morgan fingerprint density at radius 3 is 2.30 bits per heavy atom. The first-order valence-corrected chi connectivity index (χ1v) is 3.38. The summed E-state index contributed by atoms with van der Waals surface area (Å²) in [5.41, 5.74) is 1.77. The van der Waals surface area contributed by atoms with Crippen LogP contribution in [-0.4, -0.2) is 0 Å². The van der Waals surface area contributed by atoms with E-state index in [9.17, 15) is 4.91 Å². The molecule has 0 N–H and O–H groups in total. The molecule has 56 valence electrons. The highest BCUT2D eigenvalue weighted by Gasteiger charge is 1.87. The van der Waals surface area contributed by atoms with Crippen molar-refractivity contribution in [3.63, 3.8) is 0 Å². The van der Waals surface area contributed by atoms with Gasteiger partial charge in [0.25, 0.3) is 0 Å². The number of allylic oxidation sites excluding steroid dienone is 4. The molecule has 0 spiro atoms. The topological polar surface area (TPSA) is 29.4 Å². The first-order valence-electron chi connectivity index (χ1n) is 3.38. The van der Waals surface area contributed by atoms with Crippen molar-refractivity contribution in [1.29, 1.82) is 0 Å². The third-order valence-corrected chi connectivity index (χ3v) is 1.09. The minimum absolute atomic E-state index is 0.598. The van der Waals surface area contributed by atoms with Crippen molar-refractivity contribution in [1.82, 2.24) is 0 Å². The smallest absolute Gasteiger partial charge is 0.0846 e. The van der Waals surface area contributed by atoms with Crippen molar-refractivity contribution >= 4 is 0 Å². The molecule has 0 bridgehead atoms. The number of nitroso groups, excluding NO2 is 1. The summed E-state index contributed by atoms with van der Waals surface area (Å²) in [5, 5.41) is 2.84. The van der Waals surface area contributed by atoms with E-state index in [2.05, 4.69) is 5.18 Å². The van der Waals surface area contributed by atoms with Crippen LogP contribution in [0.1, 0.15) is 27.2 Å². The summed E-state index contributed by atoms with van der Waals surface area (Å²) in [7, 11) is 0. The number of nitrogens with zero attached hydrogens (tertiary/aromatic N) is 1. The molecular formula is C8H13NO. The maximum atomic E-state index is 10.0. The normalized spacial score (nSPS) is 10.9. The van der Waals surface area contributed by atoms with Gasteiger partial charge in [0.1, 0.15) is 0 Å². The summed E-state index contributed by atoms with van der Waals surface area (Å²) < 4.78 is 0. The van der Waals surface area contributed by atoms with Crippen molar-refractivity contribution < 1.29 is 0 Å². The van der Waals surface area contributed by atoms with Gasteiger partial charge in [-0.25, -0.2) is 0 Å². The average Bonchev–Trinajstić information content (AvgIpc) is 1.90. The molecule has 0 aromatic heterocycles. The van der Waals surface area contributed by atoms with Crippen LogP contribution in [0.5, 0.6) is 0 Å². The van der Waals surface area contributed by atoms with Gasteiger partial charge in [-0.2, -0.15) is 0 Å². The van der Waals surface area contributed by atoms with E-state index in [1.807, 2.05) is 26.8 Å². The lowest BCUT2D eigenvalue weighted by Gasteiger charge is -1.87. The lowest BCUT2D eigenvalue weighted by Crippen LogP contribution is -1.71. The average molecular weight is 139 g/mol. The van der Waals surface area contributed by atoms with Gasteiger partial charge in [-0.1, -0.05) is 18.6 Å². The predicted octanol–water partition coefficient (Wildman–Crippen LogP) is 3.01. The monoisotopic (exact) mass is 139 g/mol. The van der Waals surface area contributed by atoms with Crippen molar-refractivity contribution in [2.75, 3.05) is 0 Å². The molecule has 2 nitrogen and oxygen atoms in total. The van der Waals surface area contributed by atoms with Crippen LogP contribution in [0.3, 0.4) is 0 Å². The third kappa shape index (κ3) is 4.01. The summed E-state index contributed by atoms with van der Waals surface area (Å²) in [6.07, 6.45) is 4.34. The highest BCUT2D eigenvalue weighted by Crippen LogP contribution is 2.02. The summed E-state index contributed by atoms with van der Waals surface area (Å²) in [6.45, 7) is 5.87. The zero-order valence-electron chi connectivity index (χ0n) is 6.72. The maximum Gasteiger partial charge on any atom is 0.0846 e. The van der Waals surface area contributed by atoms with E-state index in [1.54, 1.807) is 6.08 Å². The van der Waals surface area contributed by atoms with E-state index in [0.717, 1.165) is 0 Å². The van der Waals surface area contributed by atoms with Crippen LogP contribution >= 0.6 is 0 Å². The van der Waals surface area contributed by atoms with Gasteiger partial charge in [0, 0.05) is 0 Å². The Balaban J connectivity index is 4.12. The van der Waals surface area contributed by atoms with Crippen LogP contribution in [0.15, 0.2) is 28.6 Å². The summed E-state index contributed by atoms with van der Waals surface area (Å²) in [6, 6.07) is 0. The minimum Gasteiger partial charge on any atom is -0.145 e. The molecular weight excluding hydrogens is 126 g/mol. The Kier molecular flexibility index (Phi) is 4.46. The van der Waals surface area contributed by atoms with E-state index in [0.29, 0.717) is 12.1 Å². The molecule has 0 fully saturated rings.